The van der Waals surface area contributed by atoms with Crippen LogP contribution in [0.2, 0.25) is 0 Å². The Morgan fingerprint density at radius 1 is 1.53 bits per heavy atom. The third-order valence-electron chi connectivity index (χ3n) is 2.82. The van der Waals surface area contributed by atoms with E-state index >= 15 is 0 Å². The quantitative estimate of drug-likeness (QED) is 0.822. The molecular formula is C12H13FN2. The molecule has 1 aliphatic carbocycles. The molecule has 0 aliphatic heterocycles. The maximum absolute atomic E-state index is 13.0. The van der Waals surface area contributed by atoms with Crippen LogP contribution in [0.3, 0.4) is 0 Å². The maximum atomic E-state index is 13.0. The van der Waals surface area contributed by atoms with Crippen LogP contribution in [-0.2, 0) is 0 Å². The summed E-state index contributed by atoms with van der Waals surface area (Å²) in [7, 11) is 0. The maximum Gasteiger partial charge on any atom is 0.140 e. The van der Waals surface area contributed by atoms with Crippen molar-refractivity contribution in [2.45, 2.75) is 25.3 Å². The fraction of sp³-hybridized carbons (Fsp3) is 0.417. The Morgan fingerprint density at radius 2 is 2.27 bits per heavy atom. The first-order valence-corrected chi connectivity index (χ1v) is 5.16. The van der Waals surface area contributed by atoms with Gasteiger partial charge in [0.25, 0.3) is 0 Å². The van der Waals surface area contributed by atoms with Gasteiger partial charge in [-0.2, -0.15) is 5.26 Å². The van der Waals surface area contributed by atoms with Crippen molar-refractivity contribution in [2.75, 3.05) is 0 Å². The van der Waals surface area contributed by atoms with E-state index in [0.717, 1.165) is 17.9 Å². The average molecular weight is 204 g/mol. The number of nitrogens with zero attached hydrogens (tertiary/aromatic N) is 1. The lowest BCUT2D eigenvalue weighted by atomic mass is 10.00. The largest absolute Gasteiger partial charge is 0.324 e. The number of benzene rings is 1. The molecule has 0 aromatic heterocycles. The molecule has 1 saturated carbocycles. The summed E-state index contributed by atoms with van der Waals surface area (Å²) >= 11 is 0. The monoisotopic (exact) mass is 204 g/mol. The second-order valence-corrected chi connectivity index (χ2v) is 4.14. The topological polar surface area (TPSA) is 49.8 Å². The number of nitrogens with two attached hydrogens (primary N) is 1. The number of rotatable bonds is 3. The van der Waals surface area contributed by atoms with Gasteiger partial charge in [-0.1, -0.05) is 18.9 Å². The van der Waals surface area contributed by atoms with Gasteiger partial charge in [0.05, 0.1) is 5.56 Å². The minimum atomic E-state index is -0.472. The molecule has 1 aromatic carbocycles. The van der Waals surface area contributed by atoms with Crippen molar-refractivity contribution in [1.82, 2.24) is 0 Å². The van der Waals surface area contributed by atoms with Gasteiger partial charge in [0.1, 0.15) is 11.9 Å². The van der Waals surface area contributed by atoms with Crippen molar-refractivity contribution in [3.63, 3.8) is 0 Å². The molecule has 1 fully saturated rings. The van der Waals surface area contributed by atoms with Crippen LogP contribution in [0.15, 0.2) is 18.2 Å². The first-order valence-electron chi connectivity index (χ1n) is 5.16. The number of halogens is 1. The molecule has 2 rings (SSSR count). The molecule has 3 heteroatoms. The van der Waals surface area contributed by atoms with Crippen LogP contribution in [0.1, 0.15) is 36.4 Å². The van der Waals surface area contributed by atoms with E-state index in [1.165, 1.54) is 18.9 Å². The van der Waals surface area contributed by atoms with Gasteiger partial charge in [-0.3, -0.25) is 0 Å². The van der Waals surface area contributed by atoms with Gasteiger partial charge in [0.2, 0.25) is 0 Å². The van der Waals surface area contributed by atoms with E-state index in [1.807, 2.05) is 6.07 Å². The molecule has 2 N–H and O–H groups in total. The number of hydrogen-bond acceptors (Lipinski definition) is 2. The normalized spacial score (nSPS) is 17.1. The molecule has 0 unspecified atom stereocenters. The summed E-state index contributed by atoms with van der Waals surface area (Å²) in [4.78, 5) is 0. The first kappa shape index (κ1) is 10.1. The summed E-state index contributed by atoms with van der Waals surface area (Å²) in [5.41, 5.74) is 6.92. The number of nitriles is 1. The molecule has 0 radical (unpaired) electrons. The summed E-state index contributed by atoms with van der Waals surface area (Å²) in [5, 5.41) is 8.69. The molecule has 1 aromatic rings. The van der Waals surface area contributed by atoms with E-state index in [9.17, 15) is 4.39 Å². The Kier molecular flexibility index (Phi) is 2.70. The summed E-state index contributed by atoms with van der Waals surface area (Å²) in [5.74, 6) is 0.260. The van der Waals surface area contributed by atoms with Crippen LogP contribution in [0.5, 0.6) is 0 Å². The zero-order valence-corrected chi connectivity index (χ0v) is 8.41. The van der Waals surface area contributed by atoms with Crippen LogP contribution >= 0.6 is 0 Å². The SMILES string of the molecule is N#Cc1cc([C@H](N)CC2CC2)ccc1F. The molecule has 1 aliphatic rings. The first-order chi connectivity index (χ1) is 7.20. The van der Waals surface area contributed by atoms with Crippen LogP contribution < -0.4 is 5.73 Å². The van der Waals surface area contributed by atoms with E-state index in [1.54, 1.807) is 12.1 Å². The van der Waals surface area contributed by atoms with Crippen molar-refractivity contribution in [1.29, 1.82) is 5.26 Å². The third kappa shape index (κ3) is 2.34. The molecule has 0 saturated heterocycles. The summed E-state index contributed by atoms with van der Waals surface area (Å²) in [6, 6.07) is 6.31. The summed E-state index contributed by atoms with van der Waals surface area (Å²) in [6.45, 7) is 0. The van der Waals surface area contributed by atoms with Crippen molar-refractivity contribution in [3.8, 4) is 6.07 Å². The third-order valence-corrected chi connectivity index (χ3v) is 2.82. The second-order valence-electron chi connectivity index (χ2n) is 4.14. The summed E-state index contributed by atoms with van der Waals surface area (Å²) < 4.78 is 13.0. The molecule has 15 heavy (non-hydrogen) atoms. The van der Waals surface area contributed by atoms with E-state index in [-0.39, 0.29) is 11.6 Å². The molecule has 0 spiro atoms. The minimum Gasteiger partial charge on any atom is -0.324 e. The van der Waals surface area contributed by atoms with Crippen LogP contribution in [0.25, 0.3) is 0 Å². The van der Waals surface area contributed by atoms with Crippen LogP contribution in [0.4, 0.5) is 4.39 Å². The lowest BCUT2D eigenvalue weighted by Crippen LogP contribution is -2.11. The highest BCUT2D eigenvalue weighted by Crippen LogP contribution is 2.36. The zero-order valence-electron chi connectivity index (χ0n) is 8.41. The summed E-state index contributed by atoms with van der Waals surface area (Å²) in [6.07, 6.45) is 3.44. The lowest BCUT2D eigenvalue weighted by Gasteiger charge is -2.11. The highest BCUT2D eigenvalue weighted by Gasteiger charge is 2.24. The van der Waals surface area contributed by atoms with Gasteiger partial charge in [-0.15, -0.1) is 0 Å². The van der Waals surface area contributed by atoms with Crippen LogP contribution in [-0.4, -0.2) is 0 Å². The van der Waals surface area contributed by atoms with E-state index in [0.29, 0.717) is 0 Å². The Labute approximate surface area is 88.5 Å². The van der Waals surface area contributed by atoms with Crippen molar-refractivity contribution in [3.05, 3.63) is 35.1 Å². The van der Waals surface area contributed by atoms with E-state index in [2.05, 4.69) is 0 Å². The van der Waals surface area contributed by atoms with Gasteiger partial charge in [0.15, 0.2) is 0 Å². The van der Waals surface area contributed by atoms with Crippen molar-refractivity contribution in [2.24, 2.45) is 11.7 Å². The average Bonchev–Trinajstić information content (AvgIpc) is 3.02. The Bertz CT molecular complexity index is 405. The fourth-order valence-electron chi connectivity index (χ4n) is 1.71. The highest BCUT2D eigenvalue weighted by molar-refractivity contribution is 5.35. The molecule has 78 valence electrons. The molecule has 0 bridgehead atoms. The van der Waals surface area contributed by atoms with Gasteiger partial charge in [-0.05, 0) is 30.0 Å². The zero-order chi connectivity index (χ0) is 10.8. The Hall–Kier alpha value is -1.40. The second kappa shape index (κ2) is 4.00. The predicted molar refractivity (Wildman–Crippen MR) is 55.4 cm³/mol. The molecule has 2 nitrogen and oxygen atoms in total. The molecular weight excluding hydrogens is 191 g/mol. The highest BCUT2D eigenvalue weighted by atomic mass is 19.1. The standard InChI is InChI=1S/C12H13FN2/c13-11-4-3-9(6-10(11)7-14)12(15)5-8-1-2-8/h3-4,6,8,12H,1-2,5,15H2/t12-/m1/s1. The van der Waals surface area contributed by atoms with Crippen LogP contribution in [0, 0.1) is 23.1 Å². The predicted octanol–water partition coefficient (Wildman–Crippen LogP) is 2.50. The Balaban J connectivity index is 2.16. The van der Waals surface area contributed by atoms with E-state index < -0.39 is 5.82 Å². The van der Waals surface area contributed by atoms with Gasteiger partial charge in [0, 0.05) is 6.04 Å². The lowest BCUT2D eigenvalue weighted by molar-refractivity contribution is 0.590. The fourth-order valence-corrected chi connectivity index (χ4v) is 1.71. The minimum absolute atomic E-state index is 0.0646. The van der Waals surface area contributed by atoms with Gasteiger partial charge >= 0.3 is 0 Å². The van der Waals surface area contributed by atoms with Gasteiger partial charge < -0.3 is 5.73 Å². The van der Waals surface area contributed by atoms with Gasteiger partial charge in [-0.25, -0.2) is 4.39 Å². The number of hydrogen-bond donors (Lipinski definition) is 1. The Morgan fingerprint density at radius 3 is 2.87 bits per heavy atom. The molecule has 0 amide bonds. The van der Waals surface area contributed by atoms with Crippen molar-refractivity contribution >= 4 is 0 Å². The van der Waals surface area contributed by atoms with Crippen molar-refractivity contribution < 1.29 is 4.39 Å². The van der Waals surface area contributed by atoms with E-state index in [4.69, 9.17) is 11.0 Å². The smallest absolute Gasteiger partial charge is 0.140 e. The molecule has 1 atom stereocenters. The molecule has 0 heterocycles.